The summed E-state index contributed by atoms with van der Waals surface area (Å²) in [5, 5.41) is 0. The molecule has 2 aromatic rings. The number of esters is 1. The summed E-state index contributed by atoms with van der Waals surface area (Å²) in [6.45, 7) is 3.98. The van der Waals surface area contributed by atoms with Gasteiger partial charge in [0.05, 0.1) is 5.71 Å². The van der Waals surface area contributed by atoms with Crippen LogP contribution < -0.4 is 4.74 Å². The fourth-order valence-electron chi connectivity index (χ4n) is 2.48. The van der Waals surface area contributed by atoms with Crippen molar-refractivity contribution in [1.29, 1.82) is 0 Å². The van der Waals surface area contributed by atoms with Crippen molar-refractivity contribution in [3.05, 3.63) is 66.2 Å². The van der Waals surface area contributed by atoms with Crippen molar-refractivity contribution in [3.63, 3.8) is 0 Å². The number of carbonyl (C=O) groups excluding carboxylic acids is 1. The fraction of sp³-hybridized carbons (Fsp3) is 0.222. The summed E-state index contributed by atoms with van der Waals surface area (Å²) >= 11 is 0. The van der Waals surface area contributed by atoms with Gasteiger partial charge in [0, 0.05) is 0 Å². The molecule has 0 bridgehead atoms. The normalized spacial score (nSPS) is 20.0. The molecule has 0 N–H and O–H groups in total. The molecule has 0 amide bonds. The largest absolute Gasteiger partial charge is 0.424 e. The van der Waals surface area contributed by atoms with E-state index in [-0.39, 0.29) is 11.9 Å². The van der Waals surface area contributed by atoms with Gasteiger partial charge in [-0.25, -0.2) is 4.79 Å². The van der Waals surface area contributed by atoms with Crippen LogP contribution in [0.15, 0.2) is 65.7 Å². The highest BCUT2D eigenvalue weighted by molar-refractivity contribution is 6.29. The quantitative estimate of drug-likeness (QED) is 0.634. The third-order valence-electron chi connectivity index (χ3n) is 3.75. The topological polar surface area (TPSA) is 38.7 Å². The first-order valence-corrected chi connectivity index (χ1v) is 7.07. The number of nitrogens with zero attached hydrogens (tertiary/aromatic N) is 1. The van der Waals surface area contributed by atoms with Crippen molar-refractivity contribution in [2.24, 2.45) is 10.9 Å². The molecule has 106 valence electrons. The summed E-state index contributed by atoms with van der Waals surface area (Å²) in [6.07, 6.45) is 0. The lowest BCUT2D eigenvalue weighted by atomic mass is 9.87. The summed E-state index contributed by atoms with van der Waals surface area (Å²) in [5.74, 6) is 0.309. The van der Waals surface area contributed by atoms with Crippen molar-refractivity contribution in [2.45, 2.75) is 19.4 Å². The number of hydrogen-bond acceptors (Lipinski definition) is 3. The van der Waals surface area contributed by atoms with Crippen LogP contribution in [-0.4, -0.2) is 17.2 Å². The smallest absolute Gasteiger partial charge is 0.345 e. The predicted molar refractivity (Wildman–Crippen MR) is 82.6 cm³/mol. The second-order valence-electron chi connectivity index (χ2n) is 5.45. The fourth-order valence-corrected chi connectivity index (χ4v) is 2.48. The third kappa shape index (κ3) is 2.35. The van der Waals surface area contributed by atoms with Gasteiger partial charge < -0.3 is 4.74 Å². The van der Waals surface area contributed by atoms with E-state index in [9.17, 15) is 4.79 Å². The van der Waals surface area contributed by atoms with E-state index in [1.807, 2.05) is 62.4 Å². The second kappa shape index (κ2) is 5.17. The van der Waals surface area contributed by atoms with Gasteiger partial charge in [0.15, 0.2) is 0 Å². The summed E-state index contributed by atoms with van der Waals surface area (Å²) in [5.41, 5.74) is 0.965. The average molecular weight is 279 g/mol. The first-order valence-electron chi connectivity index (χ1n) is 7.07. The molecule has 0 saturated carbocycles. The Hall–Kier alpha value is -2.42. The first kappa shape index (κ1) is 13.6. The molecule has 0 aliphatic carbocycles. The molecule has 0 spiro atoms. The molecule has 0 saturated heterocycles. The Morgan fingerprint density at radius 1 is 1.00 bits per heavy atom. The molecular formula is C18H17NO2. The number of para-hydroxylation sites is 1. The Labute approximate surface area is 124 Å². The van der Waals surface area contributed by atoms with Gasteiger partial charge in [-0.15, -0.1) is 0 Å². The summed E-state index contributed by atoms with van der Waals surface area (Å²) in [6, 6.07) is 18.9. The highest BCUT2D eigenvalue weighted by Gasteiger charge is 2.58. The summed E-state index contributed by atoms with van der Waals surface area (Å²) in [4.78, 5) is 17.1. The second-order valence-corrected chi connectivity index (χ2v) is 5.45. The van der Waals surface area contributed by atoms with Gasteiger partial charge in [0.2, 0.25) is 5.54 Å². The Balaban J connectivity index is 1.83. The Morgan fingerprint density at radius 2 is 1.57 bits per heavy atom. The third-order valence-corrected chi connectivity index (χ3v) is 3.75. The average Bonchev–Trinajstić information content (AvgIpc) is 3.26. The van der Waals surface area contributed by atoms with Gasteiger partial charge in [-0.05, 0) is 23.6 Å². The Bertz CT molecular complexity index is 677. The lowest BCUT2D eigenvalue weighted by Crippen LogP contribution is -2.39. The van der Waals surface area contributed by atoms with E-state index in [2.05, 4.69) is 4.99 Å². The molecule has 0 fully saturated rings. The van der Waals surface area contributed by atoms with Gasteiger partial charge in [-0.2, -0.15) is 0 Å². The summed E-state index contributed by atoms with van der Waals surface area (Å²) < 4.78 is 5.50. The predicted octanol–water partition coefficient (Wildman–Crippen LogP) is 3.49. The number of benzene rings is 2. The van der Waals surface area contributed by atoms with Crippen LogP contribution in [0.5, 0.6) is 5.75 Å². The zero-order valence-electron chi connectivity index (χ0n) is 12.1. The molecule has 1 unspecified atom stereocenters. The van der Waals surface area contributed by atoms with Crippen molar-refractivity contribution in [3.8, 4) is 5.75 Å². The molecule has 1 aliphatic rings. The SMILES string of the molecule is CC(C)C1(C(=O)Oc2ccccc2)N=C1c1ccccc1. The minimum atomic E-state index is -0.836. The van der Waals surface area contributed by atoms with Gasteiger partial charge in [-0.1, -0.05) is 62.4 Å². The maximum absolute atomic E-state index is 12.6. The van der Waals surface area contributed by atoms with Crippen molar-refractivity contribution < 1.29 is 9.53 Å². The van der Waals surface area contributed by atoms with E-state index in [4.69, 9.17) is 4.74 Å². The van der Waals surface area contributed by atoms with Crippen LogP contribution in [0.2, 0.25) is 0 Å². The van der Waals surface area contributed by atoms with Gasteiger partial charge in [0.1, 0.15) is 5.75 Å². The Kier molecular flexibility index (Phi) is 3.34. The zero-order valence-corrected chi connectivity index (χ0v) is 12.1. The maximum Gasteiger partial charge on any atom is 0.345 e. The number of hydrogen-bond donors (Lipinski definition) is 0. The van der Waals surface area contributed by atoms with Crippen LogP contribution in [-0.2, 0) is 4.79 Å². The van der Waals surface area contributed by atoms with Crippen molar-refractivity contribution in [2.75, 3.05) is 0 Å². The molecule has 1 atom stereocenters. The van der Waals surface area contributed by atoms with E-state index in [1.54, 1.807) is 12.1 Å². The highest BCUT2D eigenvalue weighted by Crippen LogP contribution is 2.40. The molecule has 21 heavy (non-hydrogen) atoms. The van der Waals surface area contributed by atoms with Crippen LogP contribution in [0.1, 0.15) is 19.4 Å². The van der Waals surface area contributed by atoms with E-state index >= 15 is 0 Å². The zero-order chi connectivity index (χ0) is 14.9. The van der Waals surface area contributed by atoms with Crippen LogP contribution >= 0.6 is 0 Å². The Morgan fingerprint density at radius 3 is 2.14 bits per heavy atom. The van der Waals surface area contributed by atoms with Crippen molar-refractivity contribution >= 4 is 11.7 Å². The molecule has 3 rings (SSSR count). The summed E-state index contributed by atoms with van der Waals surface area (Å²) in [7, 11) is 0. The molecule has 3 nitrogen and oxygen atoms in total. The minimum Gasteiger partial charge on any atom is -0.424 e. The first-order chi connectivity index (χ1) is 10.1. The van der Waals surface area contributed by atoms with E-state index in [1.165, 1.54) is 0 Å². The number of ether oxygens (including phenoxy) is 1. The number of carbonyl (C=O) groups is 1. The lowest BCUT2D eigenvalue weighted by Gasteiger charge is -2.18. The van der Waals surface area contributed by atoms with Crippen LogP contribution in [0.25, 0.3) is 0 Å². The van der Waals surface area contributed by atoms with E-state index < -0.39 is 5.54 Å². The molecule has 2 aromatic carbocycles. The van der Waals surface area contributed by atoms with Crippen LogP contribution in [0.4, 0.5) is 0 Å². The van der Waals surface area contributed by atoms with Crippen molar-refractivity contribution in [1.82, 2.24) is 0 Å². The standard InChI is InChI=1S/C18H17NO2/c1-13(2)18(16(19-18)14-9-5-3-6-10-14)17(20)21-15-11-7-4-8-12-15/h3-13H,1-2H3. The number of aliphatic imine (C=N–C) groups is 1. The lowest BCUT2D eigenvalue weighted by molar-refractivity contribution is -0.137. The molecule has 0 aromatic heterocycles. The maximum atomic E-state index is 12.6. The minimum absolute atomic E-state index is 0.0592. The molecule has 3 heteroatoms. The van der Waals surface area contributed by atoms with Gasteiger partial charge in [-0.3, -0.25) is 4.99 Å². The highest BCUT2D eigenvalue weighted by atomic mass is 16.5. The van der Waals surface area contributed by atoms with Crippen LogP contribution in [0.3, 0.4) is 0 Å². The molecule has 1 aliphatic heterocycles. The van der Waals surface area contributed by atoms with E-state index in [0.717, 1.165) is 11.3 Å². The monoisotopic (exact) mass is 279 g/mol. The van der Waals surface area contributed by atoms with E-state index in [0.29, 0.717) is 5.75 Å². The van der Waals surface area contributed by atoms with Gasteiger partial charge in [0.25, 0.3) is 0 Å². The molecular weight excluding hydrogens is 262 g/mol. The molecule has 1 heterocycles. The van der Waals surface area contributed by atoms with Crippen LogP contribution in [0, 0.1) is 5.92 Å². The number of rotatable bonds is 4. The van der Waals surface area contributed by atoms with Gasteiger partial charge >= 0.3 is 5.97 Å². The molecule has 0 radical (unpaired) electrons.